The molecule has 1 aromatic carbocycles. The minimum atomic E-state index is -0.0258. The summed E-state index contributed by atoms with van der Waals surface area (Å²) in [5, 5.41) is 0.582. The predicted octanol–water partition coefficient (Wildman–Crippen LogP) is 2.97. The summed E-state index contributed by atoms with van der Waals surface area (Å²) in [4.78, 5) is 11.8. The summed E-state index contributed by atoms with van der Waals surface area (Å²) in [7, 11) is 0. The van der Waals surface area contributed by atoms with Crippen molar-refractivity contribution in [1.29, 1.82) is 0 Å². The van der Waals surface area contributed by atoms with Gasteiger partial charge in [0.2, 0.25) is 0 Å². The zero-order chi connectivity index (χ0) is 12.4. The van der Waals surface area contributed by atoms with E-state index in [0.29, 0.717) is 29.1 Å². The van der Waals surface area contributed by atoms with Crippen LogP contribution in [-0.4, -0.2) is 6.61 Å². The van der Waals surface area contributed by atoms with Crippen molar-refractivity contribution in [3.05, 3.63) is 52.4 Å². The maximum Gasteiger partial charge on any atom is 0.192 e. The van der Waals surface area contributed by atoms with E-state index < -0.39 is 0 Å². The number of ether oxygens (including phenoxy) is 1. The molecule has 17 heavy (non-hydrogen) atoms. The van der Waals surface area contributed by atoms with Gasteiger partial charge in [-0.25, -0.2) is 0 Å². The molecule has 3 nitrogen and oxygen atoms in total. The van der Waals surface area contributed by atoms with Crippen molar-refractivity contribution < 1.29 is 9.15 Å². The Morgan fingerprint density at radius 1 is 1.41 bits per heavy atom. The Bertz CT molecular complexity index is 623. The van der Waals surface area contributed by atoms with Crippen molar-refractivity contribution in [3.63, 3.8) is 0 Å². The Hall–Kier alpha value is -2.03. The fourth-order valence-corrected chi connectivity index (χ4v) is 1.76. The molecule has 88 valence electrons. The lowest BCUT2D eigenvalue weighted by Crippen LogP contribution is -2.03. The molecule has 0 radical (unpaired) electrons. The van der Waals surface area contributed by atoms with E-state index in [-0.39, 0.29) is 5.43 Å². The van der Waals surface area contributed by atoms with E-state index >= 15 is 0 Å². The first-order valence-electron chi connectivity index (χ1n) is 5.41. The quantitative estimate of drug-likeness (QED) is 0.761. The van der Waals surface area contributed by atoms with Gasteiger partial charge in [-0.15, -0.1) is 0 Å². The summed E-state index contributed by atoms with van der Waals surface area (Å²) in [6.07, 6.45) is 1.68. The Labute approximate surface area is 99.3 Å². The predicted molar refractivity (Wildman–Crippen MR) is 67.7 cm³/mol. The minimum absolute atomic E-state index is 0.0258. The maximum atomic E-state index is 11.8. The van der Waals surface area contributed by atoms with Crippen LogP contribution in [0.5, 0.6) is 5.75 Å². The molecular formula is C14H14O3. The van der Waals surface area contributed by atoms with Crippen molar-refractivity contribution in [2.75, 3.05) is 6.61 Å². The van der Waals surface area contributed by atoms with Gasteiger partial charge in [-0.05, 0) is 26.0 Å². The smallest absolute Gasteiger partial charge is 0.192 e. The number of hydrogen-bond acceptors (Lipinski definition) is 3. The van der Waals surface area contributed by atoms with Gasteiger partial charge in [-0.1, -0.05) is 12.7 Å². The first-order valence-corrected chi connectivity index (χ1v) is 5.41. The van der Waals surface area contributed by atoms with Crippen LogP contribution in [0.4, 0.5) is 0 Å². The molecule has 0 bridgehead atoms. The van der Waals surface area contributed by atoms with Gasteiger partial charge in [-0.3, -0.25) is 4.79 Å². The normalized spacial score (nSPS) is 10.5. The number of hydrogen-bond donors (Lipinski definition) is 0. The molecule has 0 amide bonds. The van der Waals surface area contributed by atoms with Gasteiger partial charge in [0, 0.05) is 11.6 Å². The summed E-state index contributed by atoms with van der Waals surface area (Å²) in [5.74, 6) is 1.32. The number of benzene rings is 1. The first-order chi connectivity index (χ1) is 8.13. The largest absolute Gasteiger partial charge is 0.489 e. The van der Waals surface area contributed by atoms with E-state index in [0.717, 1.165) is 5.56 Å². The summed E-state index contributed by atoms with van der Waals surface area (Å²) in [6.45, 7) is 7.67. The molecule has 0 aliphatic rings. The van der Waals surface area contributed by atoms with Crippen LogP contribution < -0.4 is 10.2 Å². The van der Waals surface area contributed by atoms with E-state index in [1.165, 1.54) is 6.07 Å². The lowest BCUT2D eigenvalue weighted by molar-refractivity contribution is 0.360. The van der Waals surface area contributed by atoms with Crippen molar-refractivity contribution in [3.8, 4) is 5.75 Å². The molecule has 0 N–H and O–H groups in total. The first kappa shape index (κ1) is 11.5. The average Bonchev–Trinajstić information content (AvgIpc) is 2.29. The number of aryl methyl sites for hydroxylation is 2. The summed E-state index contributed by atoms with van der Waals surface area (Å²) >= 11 is 0. The Morgan fingerprint density at radius 2 is 2.18 bits per heavy atom. The third-order valence-corrected chi connectivity index (χ3v) is 2.58. The van der Waals surface area contributed by atoms with Crippen molar-refractivity contribution >= 4 is 11.0 Å². The molecule has 0 unspecified atom stereocenters. The van der Waals surface area contributed by atoms with Crippen molar-refractivity contribution in [1.82, 2.24) is 0 Å². The van der Waals surface area contributed by atoms with Crippen LogP contribution in [0.25, 0.3) is 11.0 Å². The second kappa shape index (κ2) is 4.45. The molecule has 0 aliphatic carbocycles. The zero-order valence-electron chi connectivity index (χ0n) is 9.95. The lowest BCUT2D eigenvalue weighted by Gasteiger charge is -2.09. The van der Waals surface area contributed by atoms with E-state index in [2.05, 4.69) is 6.58 Å². The topological polar surface area (TPSA) is 39.4 Å². The highest BCUT2D eigenvalue weighted by Crippen LogP contribution is 2.26. The van der Waals surface area contributed by atoms with E-state index in [1.807, 2.05) is 6.92 Å². The summed E-state index contributed by atoms with van der Waals surface area (Å²) in [5.41, 5.74) is 1.41. The molecule has 0 saturated heterocycles. The lowest BCUT2D eigenvalue weighted by atomic mass is 10.1. The van der Waals surface area contributed by atoms with Gasteiger partial charge in [0.05, 0.1) is 5.39 Å². The van der Waals surface area contributed by atoms with Crippen LogP contribution in [0.3, 0.4) is 0 Å². The SMILES string of the molecule is C=CCOc1ccc2c(=O)cc(C)oc2c1C. The average molecular weight is 230 g/mol. The third kappa shape index (κ3) is 2.09. The Balaban J connectivity index is 2.66. The molecule has 0 spiro atoms. The zero-order valence-corrected chi connectivity index (χ0v) is 9.95. The molecule has 0 atom stereocenters. The van der Waals surface area contributed by atoms with Gasteiger partial charge in [-0.2, -0.15) is 0 Å². The number of fused-ring (bicyclic) bond motifs is 1. The van der Waals surface area contributed by atoms with Crippen molar-refractivity contribution in [2.45, 2.75) is 13.8 Å². The second-order valence-corrected chi connectivity index (χ2v) is 3.89. The van der Waals surface area contributed by atoms with Crippen LogP contribution in [0.15, 0.2) is 40.1 Å². The van der Waals surface area contributed by atoms with Crippen LogP contribution in [0.2, 0.25) is 0 Å². The highest BCUT2D eigenvalue weighted by atomic mass is 16.5. The summed E-state index contributed by atoms with van der Waals surface area (Å²) in [6, 6.07) is 5.01. The van der Waals surface area contributed by atoms with Gasteiger partial charge in [0.25, 0.3) is 0 Å². The second-order valence-electron chi connectivity index (χ2n) is 3.89. The highest BCUT2D eigenvalue weighted by molar-refractivity contribution is 5.81. The summed E-state index contributed by atoms with van der Waals surface area (Å²) < 4.78 is 11.1. The maximum absolute atomic E-state index is 11.8. The monoisotopic (exact) mass is 230 g/mol. The fourth-order valence-electron chi connectivity index (χ4n) is 1.76. The number of rotatable bonds is 3. The molecule has 0 saturated carbocycles. The molecule has 0 aliphatic heterocycles. The van der Waals surface area contributed by atoms with Crippen LogP contribution in [-0.2, 0) is 0 Å². The fraction of sp³-hybridized carbons (Fsp3) is 0.214. The highest BCUT2D eigenvalue weighted by Gasteiger charge is 2.09. The van der Waals surface area contributed by atoms with Crippen LogP contribution in [0, 0.1) is 13.8 Å². The minimum Gasteiger partial charge on any atom is -0.489 e. The molecule has 1 aromatic heterocycles. The van der Waals surface area contributed by atoms with Gasteiger partial charge in [0.15, 0.2) is 5.43 Å². The Morgan fingerprint density at radius 3 is 2.88 bits per heavy atom. The van der Waals surface area contributed by atoms with E-state index in [4.69, 9.17) is 9.15 Å². The molecule has 2 rings (SSSR count). The van der Waals surface area contributed by atoms with Crippen LogP contribution >= 0.6 is 0 Å². The van der Waals surface area contributed by atoms with Gasteiger partial charge >= 0.3 is 0 Å². The molecule has 1 heterocycles. The van der Waals surface area contributed by atoms with E-state index in [1.54, 1.807) is 25.1 Å². The Kier molecular flexibility index (Phi) is 3.00. The standard InChI is InChI=1S/C14H14O3/c1-4-7-16-13-6-5-11-12(15)8-9(2)17-14(11)10(13)3/h4-6,8H,1,7H2,2-3H3. The van der Waals surface area contributed by atoms with E-state index in [9.17, 15) is 4.79 Å². The molecule has 2 aromatic rings. The van der Waals surface area contributed by atoms with Gasteiger partial charge < -0.3 is 9.15 Å². The van der Waals surface area contributed by atoms with Crippen molar-refractivity contribution in [2.24, 2.45) is 0 Å². The molecule has 0 fully saturated rings. The molecule has 3 heteroatoms. The molecular weight excluding hydrogens is 216 g/mol. The third-order valence-electron chi connectivity index (χ3n) is 2.58. The van der Waals surface area contributed by atoms with Gasteiger partial charge in [0.1, 0.15) is 23.7 Å². The van der Waals surface area contributed by atoms with Crippen LogP contribution in [0.1, 0.15) is 11.3 Å².